The summed E-state index contributed by atoms with van der Waals surface area (Å²) in [5.74, 6) is 2.19. The quantitative estimate of drug-likeness (QED) is 0.728. The molecule has 2 aromatic carbocycles. The van der Waals surface area contributed by atoms with E-state index in [0.29, 0.717) is 23.0 Å². The Morgan fingerprint density at radius 3 is 2.50 bits per heavy atom. The normalized spacial score (nSPS) is 12.2. The van der Waals surface area contributed by atoms with Gasteiger partial charge in [0.15, 0.2) is 11.5 Å². The van der Waals surface area contributed by atoms with Crippen molar-refractivity contribution in [2.45, 2.75) is 0 Å². The van der Waals surface area contributed by atoms with Crippen LogP contribution >= 0.6 is 0 Å². The van der Waals surface area contributed by atoms with E-state index in [2.05, 4.69) is 5.16 Å². The van der Waals surface area contributed by atoms with Gasteiger partial charge in [-0.15, -0.1) is 0 Å². The maximum absolute atomic E-state index is 5.57. The minimum absolute atomic E-state index is 0.126. The van der Waals surface area contributed by atoms with E-state index in [-0.39, 0.29) is 6.79 Å². The molecule has 0 saturated carbocycles. The van der Waals surface area contributed by atoms with Crippen molar-refractivity contribution in [2.24, 2.45) is 0 Å². The Bertz CT molecular complexity index is 873. The van der Waals surface area contributed by atoms with Crippen LogP contribution in [0.1, 0.15) is 0 Å². The second-order valence-electron chi connectivity index (χ2n) is 5.17. The van der Waals surface area contributed by atoms with Gasteiger partial charge in [0.1, 0.15) is 12.0 Å². The summed E-state index contributed by atoms with van der Waals surface area (Å²) in [4.78, 5) is 0. The highest BCUT2D eigenvalue weighted by Crippen LogP contribution is 2.53. The number of hydrogen-bond donors (Lipinski definition) is 0. The highest BCUT2D eigenvalue weighted by atomic mass is 16.7. The summed E-state index contributed by atoms with van der Waals surface area (Å²) in [6.07, 6.45) is 1.59. The summed E-state index contributed by atoms with van der Waals surface area (Å²) in [5.41, 5.74) is 3.21. The van der Waals surface area contributed by atoms with Crippen LogP contribution in [-0.4, -0.2) is 26.2 Å². The van der Waals surface area contributed by atoms with E-state index in [1.54, 1.807) is 20.5 Å². The van der Waals surface area contributed by atoms with Crippen LogP contribution in [0, 0.1) is 0 Å². The number of fused-ring (bicyclic) bond motifs is 1. The molecule has 0 fully saturated rings. The number of ether oxygens (including phenoxy) is 4. The summed E-state index contributed by atoms with van der Waals surface area (Å²) in [6.45, 7) is 0.126. The van der Waals surface area contributed by atoms with Crippen molar-refractivity contribution in [3.63, 3.8) is 0 Å². The van der Waals surface area contributed by atoms with Gasteiger partial charge in [-0.2, -0.15) is 0 Å². The minimum Gasteiger partial charge on any atom is -0.493 e. The fourth-order valence-electron chi connectivity index (χ4n) is 2.80. The maximum atomic E-state index is 5.57. The van der Waals surface area contributed by atoms with E-state index in [0.717, 1.165) is 22.4 Å². The lowest BCUT2D eigenvalue weighted by atomic mass is 10.00. The molecule has 3 aromatic rings. The molecule has 1 aromatic heterocycles. The van der Waals surface area contributed by atoms with Crippen LogP contribution in [0.4, 0.5) is 0 Å². The smallest absolute Gasteiger partial charge is 0.231 e. The molecular weight excluding hydrogens is 310 g/mol. The van der Waals surface area contributed by atoms with Crippen LogP contribution in [0.15, 0.2) is 47.2 Å². The van der Waals surface area contributed by atoms with E-state index >= 15 is 0 Å². The molecule has 6 heteroatoms. The van der Waals surface area contributed by atoms with Gasteiger partial charge in [-0.25, -0.2) is 0 Å². The Kier molecular flexibility index (Phi) is 3.49. The lowest BCUT2D eigenvalue weighted by Crippen LogP contribution is -1.94. The van der Waals surface area contributed by atoms with Gasteiger partial charge in [-0.1, -0.05) is 35.5 Å². The Morgan fingerprint density at radius 2 is 1.75 bits per heavy atom. The fourth-order valence-corrected chi connectivity index (χ4v) is 2.80. The molecule has 0 aliphatic carbocycles. The molecule has 0 spiro atoms. The Labute approximate surface area is 138 Å². The predicted octanol–water partition coefficient (Wildman–Crippen LogP) is 3.75. The molecule has 0 unspecified atom stereocenters. The van der Waals surface area contributed by atoms with Crippen molar-refractivity contribution < 1.29 is 23.5 Å². The first-order valence-corrected chi connectivity index (χ1v) is 7.38. The van der Waals surface area contributed by atoms with Crippen molar-refractivity contribution in [2.75, 3.05) is 21.0 Å². The van der Waals surface area contributed by atoms with Crippen LogP contribution < -0.4 is 18.9 Å². The average molecular weight is 325 g/mol. The molecule has 6 nitrogen and oxygen atoms in total. The summed E-state index contributed by atoms with van der Waals surface area (Å²) in [7, 11) is 3.17. The number of hydrogen-bond acceptors (Lipinski definition) is 6. The summed E-state index contributed by atoms with van der Waals surface area (Å²) >= 11 is 0. The third kappa shape index (κ3) is 2.15. The van der Waals surface area contributed by atoms with Gasteiger partial charge in [-0.3, -0.25) is 0 Å². The van der Waals surface area contributed by atoms with Gasteiger partial charge in [0.25, 0.3) is 0 Å². The zero-order valence-electron chi connectivity index (χ0n) is 13.2. The van der Waals surface area contributed by atoms with E-state index in [1.165, 1.54) is 0 Å². The zero-order chi connectivity index (χ0) is 16.5. The van der Waals surface area contributed by atoms with Crippen LogP contribution in [0.5, 0.6) is 23.0 Å². The molecule has 2 heterocycles. The van der Waals surface area contributed by atoms with Gasteiger partial charge in [0.05, 0.1) is 19.8 Å². The molecule has 0 saturated heterocycles. The summed E-state index contributed by atoms with van der Waals surface area (Å²) in [6, 6.07) is 11.6. The first kappa shape index (κ1) is 14.4. The second kappa shape index (κ2) is 5.81. The Balaban J connectivity index is 1.94. The van der Waals surface area contributed by atoms with E-state index in [4.69, 9.17) is 23.5 Å². The van der Waals surface area contributed by atoms with Gasteiger partial charge in [0.2, 0.25) is 18.3 Å². The Hall–Kier alpha value is -3.15. The van der Waals surface area contributed by atoms with E-state index in [1.807, 2.05) is 36.4 Å². The number of rotatable bonds is 4. The van der Waals surface area contributed by atoms with Crippen molar-refractivity contribution in [1.82, 2.24) is 5.16 Å². The lowest BCUT2D eigenvalue weighted by molar-refractivity contribution is 0.168. The largest absolute Gasteiger partial charge is 0.493 e. The third-order valence-corrected chi connectivity index (χ3v) is 3.89. The fraction of sp³-hybridized carbons (Fsp3) is 0.167. The molecule has 0 N–H and O–H groups in total. The molecule has 24 heavy (non-hydrogen) atoms. The highest BCUT2D eigenvalue weighted by Gasteiger charge is 2.29. The van der Waals surface area contributed by atoms with Crippen molar-refractivity contribution in [1.29, 1.82) is 0 Å². The van der Waals surface area contributed by atoms with E-state index in [9.17, 15) is 0 Å². The summed E-state index contributed by atoms with van der Waals surface area (Å²) in [5, 5.41) is 4.14. The first-order chi connectivity index (χ1) is 11.8. The standard InChI is InChI=1S/C18H15NO5/c1-20-14-8-12(16(21-2)18-17(14)22-10-23-18)13-9-24-19-15(13)11-6-4-3-5-7-11/h3-9H,10H2,1-2H3. The molecule has 1 aliphatic rings. The topological polar surface area (TPSA) is 63.0 Å². The average Bonchev–Trinajstić information content (AvgIpc) is 3.30. The van der Waals surface area contributed by atoms with Gasteiger partial charge < -0.3 is 23.5 Å². The van der Waals surface area contributed by atoms with Crippen LogP contribution in [0.25, 0.3) is 22.4 Å². The van der Waals surface area contributed by atoms with Gasteiger partial charge in [-0.05, 0) is 6.07 Å². The number of nitrogens with zero attached hydrogens (tertiary/aromatic N) is 1. The molecule has 0 radical (unpaired) electrons. The minimum atomic E-state index is 0.126. The molecule has 0 bridgehead atoms. The van der Waals surface area contributed by atoms with Crippen molar-refractivity contribution >= 4 is 0 Å². The SMILES string of the molecule is COc1cc(-c2conc2-c2ccccc2)c(OC)c2c1OCO2. The number of methoxy groups -OCH3 is 2. The summed E-state index contributed by atoms with van der Waals surface area (Å²) < 4.78 is 27.3. The van der Waals surface area contributed by atoms with Crippen molar-refractivity contribution in [3.05, 3.63) is 42.7 Å². The van der Waals surface area contributed by atoms with E-state index < -0.39 is 0 Å². The number of aromatic nitrogens is 1. The monoisotopic (exact) mass is 325 g/mol. The number of benzene rings is 2. The zero-order valence-corrected chi connectivity index (χ0v) is 13.2. The lowest BCUT2D eigenvalue weighted by Gasteiger charge is -2.13. The third-order valence-electron chi connectivity index (χ3n) is 3.89. The first-order valence-electron chi connectivity index (χ1n) is 7.38. The van der Waals surface area contributed by atoms with Gasteiger partial charge in [0, 0.05) is 11.1 Å². The second-order valence-corrected chi connectivity index (χ2v) is 5.17. The maximum Gasteiger partial charge on any atom is 0.231 e. The van der Waals surface area contributed by atoms with Crippen LogP contribution in [0.2, 0.25) is 0 Å². The van der Waals surface area contributed by atoms with Crippen LogP contribution in [-0.2, 0) is 0 Å². The highest BCUT2D eigenvalue weighted by molar-refractivity contribution is 5.87. The van der Waals surface area contributed by atoms with Gasteiger partial charge >= 0.3 is 0 Å². The molecule has 1 aliphatic heterocycles. The Morgan fingerprint density at radius 1 is 0.958 bits per heavy atom. The molecule has 0 atom stereocenters. The molecular formula is C18H15NO5. The predicted molar refractivity (Wildman–Crippen MR) is 86.6 cm³/mol. The molecule has 122 valence electrons. The molecule has 4 rings (SSSR count). The van der Waals surface area contributed by atoms with Crippen molar-refractivity contribution in [3.8, 4) is 45.4 Å². The van der Waals surface area contributed by atoms with Crippen LogP contribution in [0.3, 0.4) is 0 Å². The molecule has 0 amide bonds.